The second-order valence-electron chi connectivity index (χ2n) is 9.27. The lowest BCUT2D eigenvalue weighted by atomic mass is 10.00. The molecule has 0 aliphatic rings. The lowest BCUT2D eigenvalue weighted by Gasteiger charge is -2.33. The summed E-state index contributed by atoms with van der Waals surface area (Å²) < 4.78 is 5.53. The van der Waals surface area contributed by atoms with Gasteiger partial charge in [-0.2, -0.15) is 4.80 Å². The first kappa shape index (κ1) is 24.3. The molecule has 9 nitrogen and oxygen atoms in total. The van der Waals surface area contributed by atoms with Crippen molar-refractivity contribution in [3.63, 3.8) is 0 Å². The molecule has 10 heteroatoms. The Kier molecular flexibility index (Phi) is 7.11. The van der Waals surface area contributed by atoms with E-state index in [2.05, 4.69) is 20.7 Å². The van der Waals surface area contributed by atoms with Crippen LogP contribution in [0.25, 0.3) is 10.7 Å². The smallest absolute Gasteiger partial charge is 0.247 e. The van der Waals surface area contributed by atoms with Gasteiger partial charge >= 0.3 is 0 Å². The third-order valence-electron chi connectivity index (χ3n) is 5.15. The zero-order valence-corrected chi connectivity index (χ0v) is 21.0. The number of amides is 2. The molecule has 2 amide bonds. The molecule has 3 heterocycles. The molecule has 0 saturated carbocycles. The summed E-state index contributed by atoms with van der Waals surface area (Å²) in [6.07, 6.45) is 1.54. The summed E-state index contributed by atoms with van der Waals surface area (Å²) in [4.78, 5) is 30.8. The van der Waals surface area contributed by atoms with Crippen LogP contribution in [0.3, 0.4) is 0 Å². The number of nitrogens with zero attached hydrogens (tertiary/aromatic N) is 5. The maximum Gasteiger partial charge on any atom is 0.247 e. The lowest BCUT2D eigenvalue weighted by molar-refractivity contribution is -0.143. The van der Waals surface area contributed by atoms with Gasteiger partial charge in [0.25, 0.3) is 0 Å². The fourth-order valence-corrected chi connectivity index (χ4v) is 4.23. The molecule has 182 valence electrons. The van der Waals surface area contributed by atoms with Crippen LogP contribution >= 0.6 is 11.3 Å². The first-order valence-corrected chi connectivity index (χ1v) is 12.1. The van der Waals surface area contributed by atoms with Gasteiger partial charge in [0, 0.05) is 5.54 Å². The molecule has 0 saturated heterocycles. The molecule has 3 aromatic heterocycles. The fourth-order valence-electron chi connectivity index (χ4n) is 3.58. The minimum atomic E-state index is -0.882. The van der Waals surface area contributed by atoms with E-state index in [4.69, 9.17) is 4.42 Å². The Morgan fingerprint density at radius 1 is 1.14 bits per heavy atom. The molecule has 1 atom stereocenters. The molecule has 4 rings (SSSR count). The quantitative estimate of drug-likeness (QED) is 0.399. The molecular formula is C25H28N6O3S. The lowest BCUT2D eigenvalue weighted by Crippen LogP contribution is -2.49. The molecule has 0 aliphatic carbocycles. The summed E-state index contributed by atoms with van der Waals surface area (Å²) >= 11 is 1.49. The van der Waals surface area contributed by atoms with Gasteiger partial charge in [-0.1, -0.05) is 35.9 Å². The fraction of sp³-hybridized carbons (Fsp3) is 0.320. The van der Waals surface area contributed by atoms with Crippen LogP contribution < -0.4 is 5.32 Å². The molecule has 0 unspecified atom stereocenters. The van der Waals surface area contributed by atoms with E-state index in [9.17, 15) is 9.59 Å². The van der Waals surface area contributed by atoms with Crippen molar-refractivity contribution in [2.24, 2.45) is 0 Å². The van der Waals surface area contributed by atoms with Crippen molar-refractivity contribution in [1.29, 1.82) is 0 Å². The Bertz CT molecular complexity index is 1260. The Balaban J connectivity index is 1.68. The maximum atomic E-state index is 13.7. The molecular weight excluding hydrogens is 464 g/mol. The number of benzene rings is 1. The van der Waals surface area contributed by atoms with Crippen LogP contribution in [0.15, 0.2) is 64.6 Å². The minimum Gasteiger partial charge on any atom is -0.467 e. The largest absolute Gasteiger partial charge is 0.467 e. The molecule has 4 aromatic rings. The number of carbonyl (C=O) groups excluding carboxylic acids is 2. The average molecular weight is 493 g/mol. The van der Waals surface area contributed by atoms with Gasteiger partial charge in [0.2, 0.25) is 17.6 Å². The third kappa shape index (κ3) is 6.21. The van der Waals surface area contributed by atoms with Gasteiger partial charge < -0.3 is 14.6 Å². The summed E-state index contributed by atoms with van der Waals surface area (Å²) in [5, 5.41) is 17.4. The summed E-state index contributed by atoms with van der Waals surface area (Å²) in [7, 11) is 0. The number of aryl methyl sites for hydroxylation is 1. The maximum absolute atomic E-state index is 13.7. The van der Waals surface area contributed by atoms with Crippen LogP contribution in [0.5, 0.6) is 0 Å². The highest BCUT2D eigenvalue weighted by Gasteiger charge is 2.34. The number of furan rings is 1. The van der Waals surface area contributed by atoms with Crippen molar-refractivity contribution in [1.82, 2.24) is 30.4 Å². The second kappa shape index (κ2) is 10.2. The number of carbonyl (C=O) groups is 2. The van der Waals surface area contributed by atoms with Crippen LogP contribution in [-0.2, 0) is 22.7 Å². The van der Waals surface area contributed by atoms with Crippen LogP contribution in [-0.4, -0.2) is 42.5 Å². The monoisotopic (exact) mass is 492 g/mol. The predicted molar refractivity (Wildman–Crippen MR) is 132 cm³/mol. The Labute approximate surface area is 207 Å². The summed E-state index contributed by atoms with van der Waals surface area (Å²) in [5.74, 6) is 0.383. The van der Waals surface area contributed by atoms with Crippen LogP contribution in [0, 0.1) is 6.92 Å². The van der Waals surface area contributed by atoms with Crippen LogP contribution in [0.1, 0.15) is 43.7 Å². The topological polar surface area (TPSA) is 106 Å². The van der Waals surface area contributed by atoms with E-state index in [0.717, 1.165) is 10.4 Å². The Hall–Kier alpha value is -3.79. The normalized spacial score (nSPS) is 12.3. The van der Waals surface area contributed by atoms with E-state index in [0.29, 0.717) is 17.1 Å². The second-order valence-corrected chi connectivity index (χ2v) is 10.2. The van der Waals surface area contributed by atoms with Gasteiger partial charge in [-0.3, -0.25) is 9.59 Å². The van der Waals surface area contributed by atoms with Crippen molar-refractivity contribution in [2.75, 3.05) is 0 Å². The number of thiophene rings is 1. The molecule has 0 spiro atoms. The number of tetrazole rings is 1. The molecule has 0 radical (unpaired) electrons. The molecule has 0 aliphatic heterocycles. The van der Waals surface area contributed by atoms with Crippen molar-refractivity contribution in [2.45, 2.75) is 52.4 Å². The predicted octanol–water partition coefficient (Wildman–Crippen LogP) is 3.99. The minimum absolute atomic E-state index is 0.106. The first-order valence-electron chi connectivity index (χ1n) is 11.2. The molecule has 0 bridgehead atoms. The van der Waals surface area contributed by atoms with E-state index in [1.165, 1.54) is 21.0 Å². The molecule has 0 fully saturated rings. The van der Waals surface area contributed by atoms with Gasteiger partial charge in [0.05, 0.1) is 17.7 Å². The average Bonchev–Trinajstić information content (AvgIpc) is 3.56. The SMILES string of the molecule is Cc1ccc([C@@H](C(=O)NC(C)(C)C)N(Cc2ccco2)C(=O)Cn2nnc(-c3cccs3)n2)cc1. The summed E-state index contributed by atoms with van der Waals surface area (Å²) in [6.45, 7) is 7.61. The highest BCUT2D eigenvalue weighted by Crippen LogP contribution is 2.26. The molecule has 1 aromatic carbocycles. The van der Waals surface area contributed by atoms with Crippen molar-refractivity contribution in [3.8, 4) is 10.7 Å². The Morgan fingerprint density at radius 2 is 1.91 bits per heavy atom. The van der Waals surface area contributed by atoms with Crippen molar-refractivity contribution >= 4 is 23.2 Å². The number of hydrogen-bond donors (Lipinski definition) is 1. The number of hydrogen-bond acceptors (Lipinski definition) is 7. The van der Waals surface area contributed by atoms with Gasteiger partial charge in [-0.05, 0) is 62.1 Å². The van der Waals surface area contributed by atoms with Crippen molar-refractivity contribution in [3.05, 3.63) is 77.1 Å². The van der Waals surface area contributed by atoms with E-state index < -0.39 is 11.6 Å². The Morgan fingerprint density at radius 3 is 2.54 bits per heavy atom. The van der Waals surface area contributed by atoms with E-state index in [-0.39, 0.29) is 24.9 Å². The van der Waals surface area contributed by atoms with E-state index >= 15 is 0 Å². The van der Waals surface area contributed by atoms with Gasteiger partial charge in [-0.25, -0.2) is 0 Å². The summed E-state index contributed by atoms with van der Waals surface area (Å²) in [5.41, 5.74) is 1.27. The highest BCUT2D eigenvalue weighted by atomic mass is 32.1. The van der Waals surface area contributed by atoms with Crippen molar-refractivity contribution < 1.29 is 14.0 Å². The number of nitrogens with one attached hydrogen (secondary N) is 1. The first-order chi connectivity index (χ1) is 16.7. The number of rotatable bonds is 8. The van der Waals surface area contributed by atoms with Gasteiger partial charge in [-0.15, -0.1) is 21.5 Å². The van der Waals surface area contributed by atoms with Crippen LogP contribution in [0.2, 0.25) is 0 Å². The highest BCUT2D eigenvalue weighted by molar-refractivity contribution is 7.13. The third-order valence-corrected chi connectivity index (χ3v) is 6.01. The standard InChI is InChI=1S/C25H28N6O3S/c1-17-9-11-18(12-10-17)22(24(33)26-25(2,3)4)30(15-19-7-5-13-34-19)21(32)16-31-28-23(27-29-31)20-8-6-14-35-20/h5-14,22H,15-16H2,1-4H3,(H,26,33)/t22-/m0/s1. The van der Waals surface area contributed by atoms with Gasteiger partial charge in [0.15, 0.2) is 0 Å². The zero-order chi connectivity index (χ0) is 25.0. The van der Waals surface area contributed by atoms with Gasteiger partial charge in [0.1, 0.15) is 18.3 Å². The molecule has 1 N–H and O–H groups in total. The summed E-state index contributed by atoms with van der Waals surface area (Å²) in [6, 6.07) is 14.0. The van der Waals surface area contributed by atoms with Crippen LogP contribution in [0.4, 0.5) is 0 Å². The number of aromatic nitrogens is 4. The molecule has 35 heavy (non-hydrogen) atoms. The zero-order valence-electron chi connectivity index (χ0n) is 20.1. The van der Waals surface area contributed by atoms with E-state index in [1.807, 2.05) is 69.5 Å². The van der Waals surface area contributed by atoms with E-state index in [1.54, 1.807) is 18.4 Å².